The van der Waals surface area contributed by atoms with Gasteiger partial charge in [-0.15, -0.1) is 10.2 Å². The van der Waals surface area contributed by atoms with E-state index >= 15 is 0 Å². The third-order valence-corrected chi connectivity index (χ3v) is 3.15. The number of hydrogen-bond acceptors (Lipinski definition) is 8. The van der Waals surface area contributed by atoms with Crippen molar-refractivity contribution in [3.8, 4) is 10.7 Å². The highest BCUT2D eigenvalue weighted by molar-refractivity contribution is 7.19. The van der Waals surface area contributed by atoms with E-state index in [2.05, 4.69) is 30.2 Å². The molecule has 3 aromatic heterocycles. The first-order valence-electron chi connectivity index (χ1n) is 4.97. The van der Waals surface area contributed by atoms with Crippen LogP contribution >= 0.6 is 11.3 Å². The maximum absolute atomic E-state index is 5.62. The molecule has 0 radical (unpaired) electrons. The quantitative estimate of drug-likeness (QED) is 0.721. The van der Waals surface area contributed by atoms with E-state index in [9.17, 15) is 0 Å². The van der Waals surface area contributed by atoms with Crippen molar-refractivity contribution in [1.29, 1.82) is 0 Å². The van der Waals surface area contributed by atoms with Crippen LogP contribution in [0, 0.1) is 0 Å². The summed E-state index contributed by atoms with van der Waals surface area (Å²) in [6, 6.07) is 0. The molecule has 0 aliphatic carbocycles. The van der Waals surface area contributed by atoms with Crippen molar-refractivity contribution < 1.29 is 4.63 Å². The monoisotopic (exact) mass is 251 g/mol. The van der Waals surface area contributed by atoms with Crippen molar-refractivity contribution in [3.63, 3.8) is 0 Å². The molecule has 3 aromatic rings. The van der Waals surface area contributed by atoms with Gasteiger partial charge < -0.3 is 5.73 Å². The molecule has 3 heterocycles. The molecule has 0 unspecified atom stereocenters. The maximum atomic E-state index is 5.62. The number of fused-ring (bicyclic) bond motifs is 1. The van der Waals surface area contributed by atoms with E-state index < -0.39 is 0 Å². The van der Waals surface area contributed by atoms with E-state index in [1.54, 1.807) is 4.52 Å². The van der Waals surface area contributed by atoms with Gasteiger partial charge in [0, 0.05) is 5.92 Å². The SMILES string of the molecule is CC(C)c1nnc2sc(-c3nonc3N)nn12. The van der Waals surface area contributed by atoms with Crippen molar-refractivity contribution in [2.45, 2.75) is 19.8 Å². The summed E-state index contributed by atoms with van der Waals surface area (Å²) < 4.78 is 6.24. The van der Waals surface area contributed by atoms with Gasteiger partial charge in [0.15, 0.2) is 22.3 Å². The van der Waals surface area contributed by atoms with E-state index in [1.807, 2.05) is 13.8 Å². The third-order valence-electron chi connectivity index (χ3n) is 2.25. The number of rotatable bonds is 2. The Morgan fingerprint density at radius 3 is 2.76 bits per heavy atom. The molecule has 0 aromatic carbocycles. The highest BCUT2D eigenvalue weighted by atomic mass is 32.1. The highest BCUT2D eigenvalue weighted by Crippen LogP contribution is 2.28. The van der Waals surface area contributed by atoms with Gasteiger partial charge in [0.25, 0.3) is 0 Å². The zero-order valence-corrected chi connectivity index (χ0v) is 9.97. The molecule has 9 heteroatoms. The Morgan fingerprint density at radius 2 is 2.12 bits per heavy atom. The molecule has 0 fully saturated rings. The average molecular weight is 251 g/mol. The number of nitrogen functional groups attached to an aromatic ring is 1. The Bertz CT molecular complexity index is 666. The van der Waals surface area contributed by atoms with Crippen LogP contribution < -0.4 is 5.73 Å². The zero-order chi connectivity index (χ0) is 12.0. The second-order valence-corrected chi connectivity index (χ2v) is 4.77. The molecule has 3 rings (SSSR count). The lowest BCUT2D eigenvalue weighted by molar-refractivity contribution is 0.310. The van der Waals surface area contributed by atoms with Gasteiger partial charge >= 0.3 is 0 Å². The molecule has 0 saturated carbocycles. The van der Waals surface area contributed by atoms with Gasteiger partial charge in [-0.3, -0.25) is 0 Å². The van der Waals surface area contributed by atoms with Crippen molar-refractivity contribution in [1.82, 2.24) is 30.1 Å². The van der Waals surface area contributed by atoms with Gasteiger partial charge in [0.2, 0.25) is 4.96 Å². The van der Waals surface area contributed by atoms with E-state index in [0.29, 0.717) is 15.7 Å². The molecule has 0 aliphatic heterocycles. The minimum absolute atomic E-state index is 0.223. The van der Waals surface area contributed by atoms with Gasteiger partial charge in [-0.2, -0.15) is 9.61 Å². The minimum atomic E-state index is 0.223. The smallest absolute Gasteiger partial charge is 0.235 e. The third kappa shape index (κ3) is 1.46. The number of anilines is 1. The van der Waals surface area contributed by atoms with E-state index in [0.717, 1.165) is 5.82 Å². The molecular formula is C8H9N7OS. The predicted molar refractivity (Wildman–Crippen MR) is 60.5 cm³/mol. The van der Waals surface area contributed by atoms with Crippen molar-refractivity contribution in [2.24, 2.45) is 0 Å². The molecule has 0 aliphatic rings. The Balaban J connectivity index is 2.18. The Kier molecular flexibility index (Phi) is 2.08. The normalized spacial score (nSPS) is 11.7. The van der Waals surface area contributed by atoms with Crippen molar-refractivity contribution in [2.75, 3.05) is 5.73 Å². The summed E-state index contributed by atoms with van der Waals surface area (Å²) in [5, 5.41) is 20.3. The zero-order valence-electron chi connectivity index (χ0n) is 9.15. The molecule has 88 valence electrons. The number of nitrogens with zero attached hydrogens (tertiary/aromatic N) is 6. The molecular weight excluding hydrogens is 242 g/mol. The lowest BCUT2D eigenvalue weighted by atomic mass is 10.2. The summed E-state index contributed by atoms with van der Waals surface area (Å²) in [7, 11) is 0. The summed E-state index contributed by atoms with van der Waals surface area (Å²) in [5.41, 5.74) is 6.06. The lowest BCUT2D eigenvalue weighted by Gasteiger charge is -1.97. The Hall–Kier alpha value is -2.03. The summed E-state index contributed by atoms with van der Waals surface area (Å²) in [6.45, 7) is 4.06. The number of aromatic nitrogens is 6. The Labute approximate surface area is 99.4 Å². The topological polar surface area (TPSA) is 108 Å². The van der Waals surface area contributed by atoms with E-state index in [1.165, 1.54) is 11.3 Å². The van der Waals surface area contributed by atoms with Crippen molar-refractivity contribution in [3.05, 3.63) is 5.82 Å². The number of nitrogens with two attached hydrogens (primary N) is 1. The van der Waals surface area contributed by atoms with Crippen LogP contribution in [0.1, 0.15) is 25.6 Å². The number of hydrogen-bond donors (Lipinski definition) is 1. The average Bonchev–Trinajstić information content (AvgIpc) is 2.89. The Morgan fingerprint density at radius 1 is 1.29 bits per heavy atom. The largest absolute Gasteiger partial charge is 0.379 e. The molecule has 2 N–H and O–H groups in total. The molecule has 0 spiro atoms. The van der Waals surface area contributed by atoms with Crippen LogP contribution in [0.4, 0.5) is 5.82 Å². The van der Waals surface area contributed by atoms with Crippen LogP contribution in [0.15, 0.2) is 4.63 Å². The molecule has 0 amide bonds. The molecule has 0 saturated heterocycles. The first-order chi connectivity index (χ1) is 8.16. The lowest BCUT2D eigenvalue weighted by Crippen LogP contribution is -1.98. The first-order valence-corrected chi connectivity index (χ1v) is 5.79. The van der Waals surface area contributed by atoms with E-state index in [4.69, 9.17) is 5.73 Å². The molecule has 17 heavy (non-hydrogen) atoms. The van der Waals surface area contributed by atoms with Gasteiger partial charge in [-0.05, 0) is 10.3 Å². The summed E-state index contributed by atoms with van der Waals surface area (Å²) in [5.74, 6) is 1.27. The van der Waals surface area contributed by atoms with Gasteiger partial charge in [-0.25, -0.2) is 4.63 Å². The second kappa shape index (κ2) is 3.48. The molecule has 0 bridgehead atoms. The predicted octanol–water partition coefficient (Wildman–Crippen LogP) is 0.941. The van der Waals surface area contributed by atoms with Crippen LogP contribution in [0.25, 0.3) is 15.7 Å². The highest BCUT2D eigenvalue weighted by Gasteiger charge is 2.19. The fourth-order valence-electron chi connectivity index (χ4n) is 1.43. The fourth-order valence-corrected chi connectivity index (χ4v) is 2.27. The van der Waals surface area contributed by atoms with Gasteiger partial charge in [0.05, 0.1) is 0 Å². The van der Waals surface area contributed by atoms with Crippen LogP contribution in [-0.4, -0.2) is 30.1 Å². The van der Waals surface area contributed by atoms with Gasteiger partial charge in [-0.1, -0.05) is 25.2 Å². The maximum Gasteiger partial charge on any atom is 0.235 e. The molecule has 8 nitrogen and oxygen atoms in total. The summed E-state index contributed by atoms with van der Waals surface area (Å²) >= 11 is 1.34. The molecule has 0 atom stereocenters. The second-order valence-electron chi connectivity index (χ2n) is 3.81. The van der Waals surface area contributed by atoms with Gasteiger partial charge in [0.1, 0.15) is 0 Å². The van der Waals surface area contributed by atoms with Crippen LogP contribution in [0.2, 0.25) is 0 Å². The minimum Gasteiger partial charge on any atom is -0.379 e. The fraction of sp³-hybridized carbons (Fsp3) is 0.375. The van der Waals surface area contributed by atoms with Crippen LogP contribution in [-0.2, 0) is 0 Å². The van der Waals surface area contributed by atoms with Crippen molar-refractivity contribution >= 4 is 22.1 Å². The van der Waals surface area contributed by atoms with Crippen LogP contribution in [0.5, 0.6) is 0 Å². The summed E-state index contributed by atoms with van der Waals surface area (Å²) in [6.07, 6.45) is 0. The van der Waals surface area contributed by atoms with E-state index in [-0.39, 0.29) is 11.7 Å². The first kappa shape index (κ1) is 10.1. The summed E-state index contributed by atoms with van der Waals surface area (Å²) in [4.78, 5) is 0.700. The standard InChI is InChI=1S/C8H9N7OS/c1-3(2)6-10-11-8-15(6)12-7(17-8)4-5(9)14-16-13-4/h3H,1-2H3,(H2,9,14). The van der Waals surface area contributed by atoms with Crippen LogP contribution in [0.3, 0.4) is 0 Å².